The average Bonchev–Trinajstić information content (AvgIpc) is 2.42. The molecule has 82 valence electrons. The van der Waals surface area contributed by atoms with Crippen molar-refractivity contribution in [2.45, 2.75) is 20.3 Å². The Hall–Kier alpha value is -0.350. The summed E-state index contributed by atoms with van der Waals surface area (Å²) in [5.41, 5.74) is 0. The fourth-order valence-electron chi connectivity index (χ4n) is 1.75. The van der Waals surface area contributed by atoms with Crippen molar-refractivity contribution in [3.63, 3.8) is 0 Å². The molecule has 1 rings (SSSR count). The van der Waals surface area contributed by atoms with E-state index in [0.717, 1.165) is 37.8 Å². The van der Waals surface area contributed by atoms with E-state index in [2.05, 4.69) is 29.0 Å². The normalized spacial score (nSPS) is 19.1. The van der Waals surface area contributed by atoms with E-state index in [0.29, 0.717) is 0 Å². The Balaban J connectivity index is 2.37. The Morgan fingerprint density at radius 3 is 2.64 bits per heavy atom. The van der Waals surface area contributed by atoms with E-state index in [1.165, 1.54) is 13.0 Å². The van der Waals surface area contributed by atoms with E-state index in [1.54, 1.807) is 0 Å². The summed E-state index contributed by atoms with van der Waals surface area (Å²) in [5, 5.41) is 4.14. The molecule has 1 aliphatic rings. The number of rotatable bonds is 2. The zero-order valence-electron chi connectivity index (χ0n) is 9.25. The zero-order valence-corrected chi connectivity index (χ0v) is 10.1. The van der Waals surface area contributed by atoms with Crippen molar-refractivity contribution in [3.8, 4) is 0 Å². The van der Waals surface area contributed by atoms with Crippen LogP contribution in [0.2, 0.25) is 0 Å². The van der Waals surface area contributed by atoms with Gasteiger partial charge in [-0.25, -0.2) is 0 Å². The summed E-state index contributed by atoms with van der Waals surface area (Å²) in [4.78, 5) is 4.77. The van der Waals surface area contributed by atoms with Gasteiger partial charge < -0.3 is 15.1 Å². The number of likely N-dealkylation sites (N-methyl/N-ethyl adjacent to an activating group) is 1. The number of hydrogen-bond donors (Lipinski definition) is 1. The zero-order chi connectivity index (χ0) is 10.4. The summed E-state index contributed by atoms with van der Waals surface area (Å²) < 4.78 is 0. The second kappa shape index (κ2) is 6.19. The molecular weight excluding hydrogens is 194 g/mol. The molecule has 1 heterocycles. The quantitative estimate of drug-likeness (QED) is 0.690. The lowest BCUT2D eigenvalue weighted by atomic mass is 10.4. The second-order valence-corrected chi connectivity index (χ2v) is 4.00. The first kappa shape index (κ1) is 11.7. The summed E-state index contributed by atoms with van der Waals surface area (Å²) in [6, 6.07) is 0. The summed E-state index contributed by atoms with van der Waals surface area (Å²) in [7, 11) is 0. The Morgan fingerprint density at radius 2 is 2.00 bits per heavy atom. The molecule has 0 atom stereocenters. The highest BCUT2D eigenvalue weighted by atomic mass is 32.1. The SMILES string of the molecule is CCNC(=S)N1CCCN(CC)CC1. The van der Waals surface area contributed by atoms with Gasteiger partial charge in [0.25, 0.3) is 0 Å². The van der Waals surface area contributed by atoms with Crippen LogP contribution < -0.4 is 5.32 Å². The minimum absolute atomic E-state index is 0.922. The van der Waals surface area contributed by atoms with Gasteiger partial charge in [0.1, 0.15) is 0 Å². The molecule has 3 nitrogen and oxygen atoms in total. The maximum absolute atomic E-state index is 5.30. The van der Waals surface area contributed by atoms with Gasteiger partial charge in [0, 0.05) is 26.2 Å². The molecule has 0 aromatic rings. The topological polar surface area (TPSA) is 18.5 Å². The van der Waals surface area contributed by atoms with Crippen molar-refractivity contribution < 1.29 is 0 Å². The molecule has 0 unspecified atom stereocenters. The van der Waals surface area contributed by atoms with Crippen LogP contribution in [0.4, 0.5) is 0 Å². The third-order valence-corrected chi connectivity index (χ3v) is 3.05. The van der Waals surface area contributed by atoms with Crippen molar-refractivity contribution in [3.05, 3.63) is 0 Å². The molecule has 0 aromatic heterocycles. The molecule has 1 saturated heterocycles. The lowest BCUT2D eigenvalue weighted by Gasteiger charge is -2.23. The third-order valence-electron chi connectivity index (χ3n) is 2.65. The van der Waals surface area contributed by atoms with Crippen LogP contribution >= 0.6 is 12.2 Å². The van der Waals surface area contributed by atoms with Crippen LogP contribution in [0.3, 0.4) is 0 Å². The molecule has 1 fully saturated rings. The van der Waals surface area contributed by atoms with E-state index < -0.39 is 0 Å². The predicted molar refractivity (Wildman–Crippen MR) is 64.6 cm³/mol. The Bertz CT molecular complexity index is 184. The first-order chi connectivity index (χ1) is 6.77. The Morgan fingerprint density at radius 1 is 1.21 bits per heavy atom. The predicted octanol–water partition coefficient (Wildman–Crippen LogP) is 0.908. The molecule has 1 N–H and O–H groups in total. The number of hydrogen-bond acceptors (Lipinski definition) is 2. The lowest BCUT2D eigenvalue weighted by Crippen LogP contribution is -2.41. The van der Waals surface area contributed by atoms with Gasteiger partial charge in [0.2, 0.25) is 0 Å². The monoisotopic (exact) mass is 215 g/mol. The van der Waals surface area contributed by atoms with Crippen molar-refractivity contribution in [1.82, 2.24) is 15.1 Å². The van der Waals surface area contributed by atoms with Gasteiger partial charge in [-0.15, -0.1) is 0 Å². The molecule has 0 aromatic carbocycles. The molecule has 4 heteroatoms. The number of thiocarbonyl (C=S) groups is 1. The fourth-order valence-corrected chi connectivity index (χ4v) is 2.08. The molecule has 0 radical (unpaired) electrons. The van der Waals surface area contributed by atoms with Gasteiger partial charge in [-0.1, -0.05) is 6.92 Å². The molecule has 0 amide bonds. The van der Waals surface area contributed by atoms with Gasteiger partial charge in [0.05, 0.1) is 0 Å². The fraction of sp³-hybridized carbons (Fsp3) is 0.900. The molecule has 0 spiro atoms. The van der Waals surface area contributed by atoms with Crippen molar-refractivity contribution >= 4 is 17.3 Å². The second-order valence-electron chi connectivity index (χ2n) is 3.61. The van der Waals surface area contributed by atoms with Gasteiger partial charge in [-0.2, -0.15) is 0 Å². The van der Waals surface area contributed by atoms with E-state index in [9.17, 15) is 0 Å². The first-order valence-corrected chi connectivity index (χ1v) is 5.93. The molecule has 0 aliphatic carbocycles. The van der Waals surface area contributed by atoms with Crippen LogP contribution in [0.15, 0.2) is 0 Å². The molecule has 0 bridgehead atoms. The van der Waals surface area contributed by atoms with Gasteiger partial charge in [0.15, 0.2) is 5.11 Å². The summed E-state index contributed by atoms with van der Waals surface area (Å²) in [5.74, 6) is 0. The molecule has 14 heavy (non-hydrogen) atoms. The molecular formula is C10H21N3S. The summed E-state index contributed by atoms with van der Waals surface area (Å²) >= 11 is 5.30. The Kier molecular flexibility index (Phi) is 5.19. The number of nitrogens with zero attached hydrogens (tertiary/aromatic N) is 2. The van der Waals surface area contributed by atoms with Gasteiger partial charge in [-0.05, 0) is 38.7 Å². The minimum Gasteiger partial charge on any atom is -0.363 e. The minimum atomic E-state index is 0.922. The lowest BCUT2D eigenvalue weighted by molar-refractivity contribution is 0.300. The average molecular weight is 215 g/mol. The van der Waals surface area contributed by atoms with Gasteiger partial charge >= 0.3 is 0 Å². The van der Waals surface area contributed by atoms with Gasteiger partial charge in [-0.3, -0.25) is 0 Å². The van der Waals surface area contributed by atoms with E-state index in [1.807, 2.05) is 0 Å². The van der Waals surface area contributed by atoms with Crippen LogP contribution in [0.25, 0.3) is 0 Å². The van der Waals surface area contributed by atoms with Crippen molar-refractivity contribution in [2.24, 2.45) is 0 Å². The Labute approximate surface area is 92.4 Å². The van der Waals surface area contributed by atoms with Crippen molar-refractivity contribution in [1.29, 1.82) is 0 Å². The molecule has 1 aliphatic heterocycles. The molecule has 0 saturated carbocycles. The maximum Gasteiger partial charge on any atom is 0.168 e. The van der Waals surface area contributed by atoms with E-state index >= 15 is 0 Å². The summed E-state index contributed by atoms with van der Waals surface area (Å²) in [6.07, 6.45) is 1.22. The van der Waals surface area contributed by atoms with Crippen molar-refractivity contribution in [2.75, 3.05) is 39.3 Å². The third kappa shape index (κ3) is 3.42. The van der Waals surface area contributed by atoms with Crippen LogP contribution in [-0.2, 0) is 0 Å². The van der Waals surface area contributed by atoms with Crippen LogP contribution in [0.1, 0.15) is 20.3 Å². The highest BCUT2D eigenvalue weighted by Crippen LogP contribution is 2.02. The maximum atomic E-state index is 5.30. The van der Waals surface area contributed by atoms with Crippen LogP contribution in [-0.4, -0.2) is 54.2 Å². The first-order valence-electron chi connectivity index (χ1n) is 5.53. The largest absolute Gasteiger partial charge is 0.363 e. The van der Waals surface area contributed by atoms with Crippen LogP contribution in [0, 0.1) is 0 Å². The standard InChI is InChI=1S/C10H21N3S/c1-3-11-10(14)13-7-5-6-12(4-2)8-9-13/h3-9H2,1-2H3,(H,11,14). The smallest absolute Gasteiger partial charge is 0.168 e. The number of nitrogens with one attached hydrogen (secondary N) is 1. The van der Waals surface area contributed by atoms with E-state index in [4.69, 9.17) is 12.2 Å². The summed E-state index contributed by atoms with van der Waals surface area (Å²) in [6.45, 7) is 10.9. The van der Waals surface area contributed by atoms with E-state index in [-0.39, 0.29) is 0 Å². The highest BCUT2D eigenvalue weighted by Gasteiger charge is 2.14. The van der Waals surface area contributed by atoms with Crippen LogP contribution in [0.5, 0.6) is 0 Å². The highest BCUT2D eigenvalue weighted by molar-refractivity contribution is 7.80.